The van der Waals surface area contributed by atoms with Crippen LogP contribution in [0.2, 0.25) is 0 Å². The molecule has 0 aliphatic heterocycles. The van der Waals surface area contributed by atoms with Gasteiger partial charge in [0.15, 0.2) is 6.10 Å². The number of nitrogens with one attached hydrogen (secondary N) is 1. The van der Waals surface area contributed by atoms with Crippen LogP contribution in [0.3, 0.4) is 0 Å². The van der Waals surface area contributed by atoms with Gasteiger partial charge in [-0.15, -0.1) is 0 Å². The molecule has 2 atom stereocenters. The minimum absolute atomic E-state index is 0.108. The summed E-state index contributed by atoms with van der Waals surface area (Å²) in [6.45, 7) is 1.11. The molecule has 0 radical (unpaired) electrons. The molecule has 8 heteroatoms. The van der Waals surface area contributed by atoms with Gasteiger partial charge in [0.25, 0.3) is 7.52 Å². The molecule has 2 aromatic rings. The van der Waals surface area contributed by atoms with Crippen molar-refractivity contribution in [1.82, 2.24) is 0 Å². The summed E-state index contributed by atoms with van der Waals surface area (Å²) in [5.74, 6) is 0.574. The molecule has 0 amide bonds. The topological polar surface area (TPSA) is 47.6 Å². The Morgan fingerprint density at radius 3 is 2.12 bits per heavy atom. The molecule has 2 aromatic carbocycles. The lowest BCUT2D eigenvalue weighted by Gasteiger charge is -2.25. The lowest BCUT2D eigenvalue weighted by Crippen LogP contribution is -2.23. The van der Waals surface area contributed by atoms with Crippen molar-refractivity contribution in [3.63, 3.8) is 0 Å². The van der Waals surface area contributed by atoms with Crippen molar-refractivity contribution >= 4 is 13.2 Å². The van der Waals surface area contributed by atoms with Gasteiger partial charge in [-0.2, -0.15) is 13.2 Å². The number of rotatable bonds is 6. The highest BCUT2D eigenvalue weighted by Crippen LogP contribution is 2.51. The Bertz CT molecular complexity index is 705. The zero-order valence-corrected chi connectivity index (χ0v) is 14.0. The maximum atomic E-state index is 13.3. The molecule has 0 aliphatic carbocycles. The van der Waals surface area contributed by atoms with Gasteiger partial charge in [-0.1, -0.05) is 30.3 Å². The van der Waals surface area contributed by atoms with E-state index in [0.717, 1.165) is 6.66 Å². The van der Waals surface area contributed by atoms with E-state index in [-0.39, 0.29) is 5.56 Å². The molecule has 0 saturated carbocycles. The Hall–Kier alpha value is -1.98. The number of ether oxygens (including phenoxy) is 1. The van der Waals surface area contributed by atoms with E-state index in [0.29, 0.717) is 11.4 Å². The molecule has 24 heavy (non-hydrogen) atoms. The lowest BCUT2D eigenvalue weighted by atomic mass is 10.1. The van der Waals surface area contributed by atoms with Gasteiger partial charge in [0.2, 0.25) is 0 Å². The average Bonchev–Trinajstić information content (AvgIpc) is 2.53. The fourth-order valence-corrected chi connectivity index (χ4v) is 3.38. The van der Waals surface area contributed by atoms with E-state index >= 15 is 0 Å². The summed E-state index contributed by atoms with van der Waals surface area (Å²) in [5, 5.41) is 2.52. The maximum Gasteiger partial charge on any atom is 0.419 e. The van der Waals surface area contributed by atoms with Gasteiger partial charge in [-0.25, -0.2) is 0 Å². The molecule has 0 saturated heterocycles. The summed E-state index contributed by atoms with van der Waals surface area (Å²) in [4.78, 5) is 0. The van der Waals surface area contributed by atoms with Crippen LogP contribution in [0.15, 0.2) is 54.6 Å². The van der Waals surface area contributed by atoms with E-state index in [4.69, 9.17) is 9.26 Å². The van der Waals surface area contributed by atoms with Crippen LogP contribution in [0.25, 0.3) is 0 Å². The van der Waals surface area contributed by atoms with Crippen LogP contribution in [0.4, 0.5) is 18.9 Å². The predicted octanol–water partition coefficient (Wildman–Crippen LogP) is 5.25. The Kier molecular flexibility index (Phi) is 5.57. The number of benzene rings is 2. The van der Waals surface area contributed by atoms with Crippen molar-refractivity contribution < 1.29 is 27.0 Å². The standard InChI is InChI=1S/C16H17F3NO3P/c1-22-14-10-8-13(9-11-14)20-24(2,21)23-15(16(17,18)19)12-6-4-3-5-7-12/h3-11,15H,1-2H3,(H,20,21)/t15-,24+/m1/s1. The van der Waals surface area contributed by atoms with Crippen molar-refractivity contribution in [2.24, 2.45) is 0 Å². The molecular formula is C16H17F3NO3P. The molecule has 0 fully saturated rings. The van der Waals surface area contributed by atoms with E-state index in [9.17, 15) is 17.7 Å². The van der Waals surface area contributed by atoms with Crippen molar-refractivity contribution in [2.45, 2.75) is 12.3 Å². The highest BCUT2D eigenvalue weighted by atomic mass is 31.2. The second kappa shape index (κ2) is 7.28. The van der Waals surface area contributed by atoms with Gasteiger partial charge in [-0.05, 0) is 29.8 Å². The normalized spacial score (nSPS) is 15.4. The molecule has 0 bridgehead atoms. The minimum atomic E-state index is -4.69. The second-order valence-corrected chi connectivity index (χ2v) is 7.25. The van der Waals surface area contributed by atoms with E-state index < -0.39 is 19.8 Å². The van der Waals surface area contributed by atoms with Crippen molar-refractivity contribution in [2.75, 3.05) is 18.9 Å². The summed E-state index contributed by atoms with van der Waals surface area (Å²) in [5.41, 5.74) is 0.263. The summed E-state index contributed by atoms with van der Waals surface area (Å²) >= 11 is 0. The third kappa shape index (κ3) is 5.01. The van der Waals surface area contributed by atoms with Crippen LogP contribution in [-0.4, -0.2) is 20.0 Å². The maximum absolute atomic E-state index is 13.3. The summed E-state index contributed by atoms with van der Waals surface area (Å²) < 4.78 is 62.3. The van der Waals surface area contributed by atoms with Gasteiger partial charge in [0.05, 0.1) is 7.11 Å². The van der Waals surface area contributed by atoms with Gasteiger partial charge >= 0.3 is 6.18 Å². The largest absolute Gasteiger partial charge is 0.497 e. The van der Waals surface area contributed by atoms with Crippen LogP contribution < -0.4 is 9.82 Å². The zero-order valence-electron chi connectivity index (χ0n) is 13.1. The first kappa shape index (κ1) is 18.4. The quantitative estimate of drug-likeness (QED) is 0.716. The Morgan fingerprint density at radius 2 is 1.62 bits per heavy atom. The van der Waals surface area contributed by atoms with Gasteiger partial charge < -0.3 is 9.82 Å². The molecule has 0 aliphatic rings. The van der Waals surface area contributed by atoms with Gasteiger partial charge in [-0.3, -0.25) is 9.09 Å². The van der Waals surface area contributed by atoms with E-state index in [1.807, 2.05) is 0 Å². The van der Waals surface area contributed by atoms with Crippen molar-refractivity contribution in [1.29, 1.82) is 0 Å². The first-order valence-corrected chi connectivity index (χ1v) is 9.08. The number of alkyl halides is 3. The van der Waals surface area contributed by atoms with Gasteiger partial charge in [0.1, 0.15) is 5.75 Å². The lowest BCUT2D eigenvalue weighted by molar-refractivity contribution is -0.197. The Labute approximate surface area is 138 Å². The SMILES string of the molecule is COc1ccc(N[P@@](C)(=O)O[C@H](c2ccccc2)C(F)(F)F)cc1. The smallest absolute Gasteiger partial charge is 0.419 e. The Morgan fingerprint density at radius 1 is 1.04 bits per heavy atom. The first-order valence-electron chi connectivity index (χ1n) is 7.01. The molecule has 0 unspecified atom stereocenters. The number of halogens is 3. The molecule has 2 rings (SSSR count). The summed E-state index contributed by atoms with van der Waals surface area (Å²) in [7, 11) is -2.28. The molecule has 1 N–H and O–H groups in total. The van der Waals surface area contributed by atoms with E-state index in [1.54, 1.807) is 30.3 Å². The van der Waals surface area contributed by atoms with Crippen LogP contribution in [-0.2, 0) is 9.09 Å². The third-order valence-corrected chi connectivity index (χ3v) is 4.41. The van der Waals surface area contributed by atoms with Crippen molar-refractivity contribution in [3.8, 4) is 5.75 Å². The monoisotopic (exact) mass is 359 g/mol. The fourth-order valence-electron chi connectivity index (χ4n) is 2.06. The number of hydrogen-bond donors (Lipinski definition) is 1. The fraction of sp³-hybridized carbons (Fsp3) is 0.250. The summed E-state index contributed by atoms with van der Waals surface area (Å²) in [6.07, 6.45) is -6.96. The molecular weight excluding hydrogens is 342 g/mol. The Balaban J connectivity index is 2.19. The first-order chi connectivity index (χ1) is 11.2. The molecule has 0 aromatic heterocycles. The highest BCUT2D eigenvalue weighted by molar-refractivity contribution is 7.59. The number of methoxy groups -OCH3 is 1. The van der Waals surface area contributed by atoms with Crippen LogP contribution in [0, 0.1) is 0 Å². The second-order valence-electron chi connectivity index (χ2n) is 5.12. The average molecular weight is 359 g/mol. The molecule has 130 valence electrons. The third-order valence-electron chi connectivity index (χ3n) is 3.13. The highest BCUT2D eigenvalue weighted by Gasteiger charge is 2.45. The summed E-state index contributed by atoms with van der Waals surface area (Å²) in [6, 6.07) is 13.4. The molecule has 0 heterocycles. The van der Waals surface area contributed by atoms with E-state index in [2.05, 4.69) is 5.09 Å². The minimum Gasteiger partial charge on any atom is -0.497 e. The number of anilines is 1. The molecule has 4 nitrogen and oxygen atoms in total. The van der Waals surface area contributed by atoms with Crippen LogP contribution in [0.1, 0.15) is 11.7 Å². The van der Waals surface area contributed by atoms with Crippen LogP contribution in [0.5, 0.6) is 5.75 Å². The van der Waals surface area contributed by atoms with Gasteiger partial charge in [0, 0.05) is 12.4 Å². The van der Waals surface area contributed by atoms with Crippen molar-refractivity contribution in [3.05, 3.63) is 60.2 Å². The van der Waals surface area contributed by atoms with E-state index in [1.165, 1.54) is 31.4 Å². The predicted molar refractivity (Wildman–Crippen MR) is 86.5 cm³/mol. The van der Waals surface area contributed by atoms with Crippen LogP contribution >= 0.6 is 7.52 Å². The zero-order chi connectivity index (χ0) is 17.8. The number of hydrogen-bond acceptors (Lipinski definition) is 3. The molecule has 0 spiro atoms.